The van der Waals surface area contributed by atoms with Gasteiger partial charge in [0, 0.05) is 17.2 Å². The van der Waals surface area contributed by atoms with Crippen molar-refractivity contribution in [2.24, 2.45) is 0 Å². The maximum atomic E-state index is 12.5. The number of benzene rings is 1. The van der Waals surface area contributed by atoms with Gasteiger partial charge in [0.15, 0.2) is 5.82 Å². The number of carboxylic acid groups (broad SMARTS) is 1. The van der Waals surface area contributed by atoms with Crippen molar-refractivity contribution in [3.05, 3.63) is 36.2 Å². The van der Waals surface area contributed by atoms with Crippen molar-refractivity contribution in [1.29, 1.82) is 0 Å². The molecule has 0 saturated heterocycles. The van der Waals surface area contributed by atoms with Crippen LogP contribution in [-0.4, -0.2) is 49.7 Å². The summed E-state index contributed by atoms with van der Waals surface area (Å²) in [6, 6.07) is 6.64. The van der Waals surface area contributed by atoms with E-state index in [0.29, 0.717) is 11.4 Å². The molecule has 0 fully saturated rings. The Morgan fingerprint density at radius 1 is 1.38 bits per heavy atom. The Morgan fingerprint density at radius 3 is 2.71 bits per heavy atom. The number of amides is 1. The molecule has 2 N–H and O–H groups in total. The van der Waals surface area contributed by atoms with Crippen LogP contribution in [0.15, 0.2) is 30.6 Å². The Bertz CT molecular complexity index is 637. The van der Waals surface area contributed by atoms with Crippen LogP contribution < -0.4 is 0 Å². The summed E-state index contributed by atoms with van der Waals surface area (Å²) in [5, 5.41) is 15.4. The summed E-state index contributed by atoms with van der Waals surface area (Å²) in [6.07, 6.45) is 1.38. The van der Waals surface area contributed by atoms with Gasteiger partial charge in [-0.25, -0.2) is 4.98 Å². The number of aliphatic carboxylic acids is 1. The highest BCUT2D eigenvalue weighted by Crippen LogP contribution is 2.17. The molecule has 7 heteroatoms. The molecule has 0 aliphatic heterocycles. The summed E-state index contributed by atoms with van der Waals surface area (Å²) in [4.78, 5) is 28.7. The van der Waals surface area contributed by atoms with E-state index in [0.717, 1.165) is 5.56 Å². The smallest absolute Gasteiger partial charge is 0.323 e. The van der Waals surface area contributed by atoms with Gasteiger partial charge in [0.05, 0.1) is 0 Å². The molecule has 1 aromatic heterocycles. The predicted molar refractivity (Wildman–Crippen MR) is 75.6 cm³/mol. The second kappa shape index (κ2) is 6.17. The summed E-state index contributed by atoms with van der Waals surface area (Å²) in [5.41, 5.74) is 1.14. The molecule has 0 aliphatic rings. The highest BCUT2D eigenvalue weighted by atomic mass is 16.4. The van der Waals surface area contributed by atoms with Crippen LogP contribution in [-0.2, 0) is 4.79 Å². The summed E-state index contributed by atoms with van der Waals surface area (Å²) in [6.45, 7) is 3.23. The molecule has 1 aromatic carbocycles. The van der Waals surface area contributed by atoms with Crippen LogP contribution in [0.5, 0.6) is 0 Å². The van der Waals surface area contributed by atoms with Crippen molar-refractivity contribution in [2.45, 2.75) is 19.9 Å². The van der Waals surface area contributed by atoms with Gasteiger partial charge in [0.1, 0.15) is 12.9 Å². The zero-order valence-corrected chi connectivity index (χ0v) is 11.8. The molecule has 1 amide bonds. The van der Waals surface area contributed by atoms with E-state index in [1.165, 1.54) is 11.2 Å². The number of hydrogen-bond donors (Lipinski definition) is 2. The van der Waals surface area contributed by atoms with Crippen molar-refractivity contribution in [1.82, 2.24) is 20.1 Å². The fourth-order valence-corrected chi connectivity index (χ4v) is 1.94. The van der Waals surface area contributed by atoms with Crippen molar-refractivity contribution >= 4 is 11.9 Å². The molecule has 21 heavy (non-hydrogen) atoms. The summed E-state index contributed by atoms with van der Waals surface area (Å²) >= 11 is 0. The first-order chi connectivity index (χ1) is 9.99. The predicted octanol–water partition coefficient (Wildman–Crippen LogP) is 1.41. The minimum absolute atomic E-state index is 0.206. The van der Waals surface area contributed by atoms with Crippen LogP contribution >= 0.6 is 0 Å². The highest BCUT2D eigenvalue weighted by Gasteiger charge is 2.21. The van der Waals surface area contributed by atoms with E-state index >= 15 is 0 Å². The van der Waals surface area contributed by atoms with E-state index in [1.807, 2.05) is 0 Å². The van der Waals surface area contributed by atoms with Crippen LogP contribution in [0.4, 0.5) is 0 Å². The second-order valence-electron chi connectivity index (χ2n) is 4.84. The molecule has 0 bridgehead atoms. The van der Waals surface area contributed by atoms with Gasteiger partial charge in [0.2, 0.25) is 0 Å². The van der Waals surface area contributed by atoms with Crippen molar-refractivity contribution in [2.75, 3.05) is 6.54 Å². The largest absolute Gasteiger partial charge is 0.480 e. The summed E-state index contributed by atoms with van der Waals surface area (Å²) in [7, 11) is 0. The topological polar surface area (TPSA) is 99.2 Å². The third kappa shape index (κ3) is 3.44. The van der Waals surface area contributed by atoms with E-state index in [-0.39, 0.29) is 18.5 Å². The first-order valence-corrected chi connectivity index (χ1v) is 6.47. The number of nitrogens with one attached hydrogen (secondary N) is 1. The lowest BCUT2D eigenvalue weighted by Gasteiger charge is -2.25. The molecule has 0 saturated carbocycles. The Labute approximate surface area is 121 Å². The normalized spacial score (nSPS) is 10.6. The van der Waals surface area contributed by atoms with Crippen LogP contribution in [0.25, 0.3) is 11.4 Å². The summed E-state index contributed by atoms with van der Waals surface area (Å²) < 4.78 is 0. The molecular weight excluding hydrogens is 272 g/mol. The number of rotatable bonds is 5. The van der Waals surface area contributed by atoms with E-state index in [1.54, 1.807) is 38.1 Å². The molecule has 0 atom stereocenters. The van der Waals surface area contributed by atoms with Gasteiger partial charge in [0.25, 0.3) is 5.91 Å². The van der Waals surface area contributed by atoms with Gasteiger partial charge in [-0.05, 0) is 26.0 Å². The van der Waals surface area contributed by atoms with Crippen molar-refractivity contribution < 1.29 is 14.7 Å². The lowest BCUT2D eigenvalue weighted by atomic mass is 10.1. The van der Waals surface area contributed by atoms with Gasteiger partial charge in [-0.1, -0.05) is 12.1 Å². The first-order valence-electron chi connectivity index (χ1n) is 6.47. The first kappa shape index (κ1) is 14.7. The Hall–Kier alpha value is -2.70. The molecular formula is C14H16N4O3. The molecule has 110 valence electrons. The average molecular weight is 288 g/mol. The van der Waals surface area contributed by atoms with Crippen molar-refractivity contribution in [3.63, 3.8) is 0 Å². The maximum Gasteiger partial charge on any atom is 0.323 e. The monoisotopic (exact) mass is 288 g/mol. The minimum atomic E-state index is -1.04. The maximum absolute atomic E-state index is 12.5. The molecule has 0 aliphatic carbocycles. The number of hydrogen-bond acceptors (Lipinski definition) is 4. The van der Waals surface area contributed by atoms with Gasteiger partial charge >= 0.3 is 5.97 Å². The molecule has 0 unspecified atom stereocenters. The standard InChI is InChI=1S/C14H16N4O3/c1-9(2)18(7-12(19)20)14(21)11-5-3-4-10(6-11)13-15-8-16-17-13/h3-6,8-9H,7H2,1-2H3,(H,19,20)(H,15,16,17). The number of carbonyl (C=O) groups is 2. The second-order valence-corrected chi connectivity index (χ2v) is 4.84. The number of carbonyl (C=O) groups excluding carboxylic acids is 1. The quantitative estimate of drug-likeness (QED) is 0.866. The van der Waals surface area contributed by atoms with E-state index in [2.05, 4.69) is 15.2 Å². The molecule has 2 rings (SSSR count). The molecule has 0 radical (unpaired) electrons. The lowest BCUT2D eigenvalue weighted by Crippen LogP contribution is -2.40. The number of nitrogens with zero attached hydrogens (tertiary/aromatic N) is 3. The zero-order valence-electron chi connectivity index (χ0n) is 11.8. The van der Waals surface area contributed by atoms with E-state index in [9.17, 15) is 9.59 Å². The van der Waals surface area contributed by atoms with Crippen LogP contribution in [0.2, 0.25) is 0 Å². The number of carboxylic acids is 1. The minimum Gasteiger partial charge on any atom is -0.480 e. The van der Waals surface area contributed by atoms with Gasteiger partial charge in [-0.15, -0.1) is 0 Å². The van der Waals surface area contributed by atoms with Crippen LogP contribution in [0.3, 0.4) is 0 Å². The molecule has 0 spiro atoms. The number of aromatic amines is 1. The Balaban J connectivity index is 2.30. The molecule has 7 nitrogen and oxygen atoms in total. The third-order valence-corrected chi connectivity index (χ3v) is 2.99. The van der Waals surface area contributed by atoms with Crippen molar-refractivity contribution in [3.8, 4) is 11.4 Å². The highest BCUT2D eigenvalue weighted by molar-refractivity contribution is 5.97. The zero-order chi connectivity index (χ0) is 15.4. The van der Waals surface area contributed by atoms with Crippen LogP contribution in [0.1, 0.15) is 24.2 Å². The number of aromatic nitrogens is 3. The van der Waals surface area contributed by atoms with E-state index in [4.69, 9.17) is 5.11 Å². The summed E-state index contributed by atoms with van der Waals surface area (Å²) in [5.74, 6) is -0.809. The van der Waals surface area contributed by atoms with Gasteiger partial charge < -0.3 is 10.0 Å². The Morgan fingerprint density at radius 2 is 2.14 bits per heavy atom. The average Bonchev–Trinajstić information content (AvgIpc) is 2.98. The Kier molecular flexibility index (Phi) is 4.32. The van der Waals surface area contributed by atoms with Crippen LogP contribution in [0, 0.1) is 0 Å². The molecule has 2 aromatic rings. The fraction of sp³-hybridized carbons (Fsp3) is 0.286. The van der Waals surface area contributed by atoms with Gasteiger partial charge in [-0.2, -0.15) is 5.10 Å². The molecule has 1 heterocycles. The lowest BCUT2D eigenvalue weighted by molar-refractivity contribution is -0.138. The number of H-pyrrole nitrogens is 1. The fourth-order valence-electron chi connectivity index (χ4n) is 1.94. The van der Waals surface area contributed by atoms with Gasteiger partial charge in [-0.3, -0.25) is 14.7 Å². The third-order valence-electron chi connectivity index (χ3n) is 2.99. The SMILES string of the molecule is CC(C)N(CC(=O)O)C(=O)c1cccc(-c2ncn[nH]2)c1. The van der Waals surface area contributed by atoms with E-state index < -0.39 is 5.97 Å².